The van der Waals surface area contributed by atoms with Gasteiger partial charge in [0, 0.05) is 19.6 Å². The number of benzene rings is 1. The van der Waals surface area contributed by atoms with Crippen molar-refractivity contribution in [2.24, 2.45) is 5.92 Å². The van der Waals surface area contributed by atoms with Crippen LogP contribution >= 0.6 is 11.3 Å². The Morgan fingerprint density at radius 1 is 1.43 bits per heavy atom. The van der Waals surface area contributed by atoms with E-state index in [1.165, 1.54) is 4.70 Å². The zero-order valence-electron chi connectivity index (χ0n) is 13.8. The predicted molar refractivity (Wildman–Crippen MR) is 94.0 cm³/mol. The lowest BCUT2D eigenvalue weighted by atomic mass is 10.1. The lowest BCUT2D eigenvalue weighted by Crippen LogP contribution is -2.35. The molecule has 0 spiro atoms. The minimum Gasteiger partial charge on any atom is -0.444 e. The molecule has 5 nitrogen and oxygen atoms in total. The van der Waals surface area contributed by atoms with Gasteiger partial charge in [-0.2, -0.15) is 0 Å². The highest BCUT2D eigenvalue weighted by molar-refractivity contribution is 7.22. The molecule has 3 rings (SSSR count). The number of likely N-dealkylation sites (tertiary alicyclic amines) is 1. The Bertz CT molecular complexity index is 659. The van der Waals surface area contributed by atoms with E-state index < -0.39 is 5.60 Å². The van der Waals surface area contributed by atoms with Gasteiger partial charge in [-0.25, -0.2) is 9.78 Å². The number of rotatable bonds is 3. The highest BCUT2D eigenvalue weighted by Crippen LogP contribution is 2.26. The molecule has 1 saturated heterocycles. The maximum atomic E-state index is 12.1. The fourth-order valence-electron chi connectivity index (χ4n) is 2.67. The van der Waals surface area contributed by atoms with Crippen molar-refractivity contribution in [2.45, 2.75) is 32.8 Å². The number of nitrogens with zero attached hydrogens (tertiary/aromatic N) is 2. The van der Waals surface area contributed by atoms with E-state index >= 15 is 0 Å². The summed E-state index contributed by atoms with van der Waals surface area (Å²) in [6.07, 6.45) is 0.789. The van der Waals surface area contributed by atoms with Crippen molar-refractivity contribution >= 4 is 32.8 Å². The number of fused-ring (bicyclic) bond motifs is 1. The number of amides is 1. The van der Waals surface area contributed by atoms with Crippen LogP contribution in [0.5, 0.6) is 0 Å². The van der Waals surface area contributed by atoms with Gasteiger partial charge in [-0.15, -0.1) is 0 Å². The first-order chi connectivity index (χ1) is 10.9. The normalized spacial score (nSPS) is 18.4. The Hall–Kier alpha value is -1.82. The molecule has 2 aromatic rings. The van der Waals surface area contributed by atoms with E-state index in [-0.39, 0.29) is 6.09 Å². The molecular weight excluding hydrogens is 310 g/mol. The van der Waals surface area contributed by atoms with Gasteiger partial charge in [-0.05, 0) is 45.2 Å². The van der Waals surface area contributed by atoms with Gasteiger partial charge in [0.25, 0.3) is 0 Å². The van der Waals surface area contributed by atoms with E-state index in [4.69, 9.17) is 4.74 Å². The molecule has 1 atom stereocenters. The number of hydrogen-bond acceptors (Lipinski definition) is 5. The molecule has 1 aromatic heterocycles. The summed E-state index contributed by atoms with van der Waals surface area (Å²) < 4.78 is 6.62. The molecule has 1 amide bonds. The summed E-state index contributed by atoms with van der Waals surface area (Å²) in [4.78, 5) is 18.5. The van der Waals surface area contributed by atoms with E-state index in [9.17, 15) is 4.79 Å². The molecule has 124 valence electrons. The summed E-state index contributed by atoms with van der Waals surface area (Å²) in [5.74, 6) is 0.439. The highest BCUT2D eigenvalue weighted by Gasteiger charge is 2.29. The Morgan fingerprint density at radius 2 is 2.22 bits per heavy atom. The second-order valence-corrected chi connectivity index (χ2v) is 7.98. The Balaban J connectivity index is 1.51. The van der Waals surface area contributed by atoms with Gasteiger partial charge in [0.15, 0.2) is 5.13 Å². The maximum absolute atomic E-state index is 12.1. The smallest absolute Gasteiger partial charge is 0.410 e. The van der Waals surface area contributed by atoms with E-state index in [0.29, 0.717) is 5.92 Å². The summed E-state index contributed by atoms with van der Waals surface area (Å²) in [7, 11) is 0. The van der Waals surface area contributed by atoms with Crippen LogP contribution in [0.1, 0.15) is 27.2 Å². The molecule has 1 aromatic carbocycles. The van der Waals surface area contributed by atoms with Gasteiger partial charge in [0.2, 0.25) is 0 Å². The molecule has 1 aliphatic rings. The average molecular weight is 333 g/mol. The SMILES string of the molecule is CC(C)(C)OC(=O)N1CC[C@H](CNc2nc3ccccc3s2)C1. The number of ether oxygens (including phenoxy) is 1. The predicted octanol–water partition coefficient (Wildman–Crippen LogP) is 3.97. The molecule has 0 aliphatic carbocycles. The minimum atomic E-state index is -0.436. The third kappa shape index (κ3) is 4.13. The lowest BCUT2D eigenvalue weighted by Gasteiger charge is -2.24. The van der Waals surface area contributed by atoms with Gasteiger partial charge in [0.1, 0.15) is 5.60 Å². The van der Waals surface area contributed by atoms with Crippen molar-refractivity contribution in [1.82, 2.24) is 9.88 Å². The van der Waals surface area contributed by atoms with Gasteiger partial charge in [-0.1, -0.05) is 23.5 Å². The third-order valence-corrected chi connectivity index (χ3v) is 4.77. The van der Waals surface area contributed by atoms with Crippen LogP contribution in [-0.4, -0.2) is 41.2 Å². The standard InChI is InChI=1S/C17H23N3O2S/c1-17(2,3)22-16(21)20-9-8-12(11-20)10-18-15-19-13-6-4-5-7-14(13)23-15/h4-7,12H,8-11H2,1-3H3,(H,18,19)/t12-/m1/s1. The summed E-state index contributed by atoms with van der Waals surface area (Å²) in [5, 5.41) is 4.36. The molecule has 2 heterocycles. The first kappa shape index (κ1) is 16.1. The summed E-state index contributed by atoms with van der Waals surface area (Å²) in [6.45, 7) is 8.03. The Morgan fingerprint density at radius 3 is 2.96 bits per heavy atom. The number of anilines is 1. The lowest BCUT2D eigenvalue weighted by molar-refractivity contribution is 0.0289. The van der Waals surface area contributed by atoms with Crippen LogP contribution in [0.2, 0.25) is 0 Å². The van der Waals surface area contributed by atoms with Crippen molar-refractivity contribution in [2.75, 3.05) is 25.0 Å². The van der Waals surface area contributed by atoms with Crippen LogP contribution in [0.3, 0.4) is 0 Å². The largest absolute Gasteiger partial charge is 0.444 e. The Labute approximate surface area is 140 Å². The first-order valence-corrected chi connectivity index (χ1v) is 8.80. The zero-order chi connectivity index (χ0) is 16.4. The van der Waals surface area contributed by atoms with Crippen molar-refractivity contribution < 1.29 is 9.53 Å². The number of aromatic nitrogens is 1. The monoisotopic (exact) mass is 333 g/mol. The van der Waals surface area contributed by atoms with Crippen LogP contribution in [0.25, 0.3) is 10.2 Å². The third-order valence-electron chi connectivity index (χ3n) is 3.77. The fourth-order valence-corrected chi connectivity index (χ4v) is 3.54. The summed E-state index contributed by atoms with van der Waals surface area (Å²) >= 11 is 1.67. The number of hydrogen-bond donors (Lipinski definition) is 1. The topological polar surface area (TPSA) is 54.5 Å². The van der Waals surface area contributed by atoms with E-state index in [2.05, 4.69) is 16.4 Å². The number of carbonyl (C=O) groups is 1. The maximum Gasteiger partial charge on any atom is 0.410 e. The van der Waals surface area contributed by atoms with Gasteiger partial charge >= 0.3 is 6.09 Å². The molecule has 0 saturated carbocycles. The molecular formula is C17H23N3O2S. The summed E-state index contributed by atoms with van der Waals surface area (Å²) in [6, 6.07) is 8.14. The molecule has 0 bridgehead atoms. The quantitative estimate of drug-likeness (QED) is 0.923. The van der Waals surface area contributed by atoms with Crippen molar-refractivity contribution in [3.05, 3.63) is 24.3 Å². The molecule has 1 N–H and O–H groups in total. The van der Waals surface area contributed by atoms with Crippen LogP contribution in [0.4, 0.5) is 9.93 Å². The van der Waals surface area contributed by atoms with Gasteiger partial charge in [-0.3, -0.25) is 0 Å². The van der Waals surface area contributed by atoms with E-state index in [1.54, 1.807) is 16.2 Å². The van der Waals surface area contributed by atoms with Gasteiger partial charge < -0.3 is 15.0 Å². The fraction of sp³-hybridized carbons (Fsp3) is 0.529. The Kier molecular flexibility index (Phi) is 4.43. The number of carbonyl (C=O) groups excluding carboxylic acids is 1. The van der Waals surface area contributed by atoms with Crippen LogP contribution in [-0.2, 0) is 4.74 Å². The number of thiazole rings is 1. The van der Waals surface area contributed by atoms with Crippen LogP contribution in [0.15, 0.2) is 24.3 Å². The molecule has 0 radical (unpaired) electrons. The van der Waals surface area contributed by atoms with Gasteiger partial charge in [0.05, 0.1) is 10.2 Å². The second-order valence-electron chi connectivity index (χ2n) is 6.95. The molecule has 0 unspecified atom stereocenters. The summed E-state index contributed by atoms with van der Waals surface area (Å²) in [5.41, 5.74) is 0.593. The van der Waals surface area contributed by atoms with Crippen molar-refractivity contribution in [3.8, 4) is 0 Å². The number of para-hydroxylation sites is 1. The molecule has 6 heteroatoms. The highest BCUT2D eigenvalue weighted by atomic mass is 32.1. The number of nitrogens with one attached hydrogen (secondary N) is 1. The zero-order valence-corrected chi connectivity index (χ0v) is 14.7. The van der Waals surface area contributed by atoms with Crippen molar-refractivity contribution in [3.63, 3.8) is 0 Å². The minimum absolute atomic E-state index is 0.208. The average Bonchev–Trinajstić information content (AvgIpc) is 3.09. The molecule has 1 fully saturated rings. The van der Waals surface area contributed by atoms with Crippen molar-refractivity contribution in [1.29, 1.82) is 0 Å². The first-order valence-electron chi connectivity index (χ1n) is 7.98. The van der Waals surface area contributed by atoms with Crippen LogP contribution in [0, 0.1) is 5.92 Å². The molecule has 1 aliphatic heterocycles. The van der Waals surface area contributed by atoms with E-state index in [1.807, 2.05) is 39.0 Å². The van der Waals surface area contributed by atoms with Crippen LogP contribution < -0.4 is 5.32 Å². The van der Waals surface area contributed by atoms with E-state index in [0.717, 1.165) is 36.7 Å². The second kappa shape index (κ2) is 6.35. The molecule has 23 heavy (non-hydrogen) atoms.